The van der Waals surface area contributed by atoms with Gasteiger partial charge in [-0.15, -0.1) is 0 Å². The predicted molar refractivity (Wildman–Crippen MR) is 127 cm³/mol. The Morgan fingerprint density at radius 2 is 1.76 bits per heavy atom. The van der Waals surface area contributed by atoms with E-state index >= 15 is 0 Å². The molecule has 34 heavy (non-hydrogen) atoms. The molecular weight excluding hydrogens is 438 g/mol. The van der Waals surface area contributed by atoms with Gasteiger partial charge in [-0.2, -0.15) is 0 Å². The van der Waals surface area contributed by atoms with Crippen LogP contribution >= 0.6 is 0 Å². The maximum Gasteiger partial charge on any atom is 0.355 e. The molecule has 0 bridgehead atoms. The third kappa shape index (κ3) is 5.21. The van der Waals surface area contributed by atoms with Gasteiger partial charge < -0.3 is 9.64 Å². The highest BCUT2D eigenvalue weighted by Crippen LogP contribution is 2.32. The standard InChI is InChI=1S/C23H25N7O4/c1-34-19-10-6-5-9-18(19)23(31)27-26-21-20(30(32)33)22(25-16-24-21)29-13-11-28(12-14-29)15-17-7-3-2-4-8-17/h2-10,16H,11-15H2,1H3,(H,27,31)(H,24,25,26). The fraction of sp³-hybridized carbons (Fsp3) is 0.261. The molecule has 1 amide bonds. The highest BCUT2D eigenvalue weighted by atomic mass is 16.6. The molecule has 1 aliphatic rings. The van der Waals surface area contributed by atoms with Gasteiger partial charge in [0.25, 0.3) is 5.91 Å². The third-order valence-electron chi connectivity index (χ3n) is 5.55. The summed E-state index contributed by atoms with van der Waals surface area (Å²) in [6.45, 7) is 3.46. The van der Waals surface area contributed by atoms with Crippen LogP contribution in [-0.4, -0.2) is 59.0 Å². The van der Waals surface area contributed by atoms with E-state index in [0.29, 0.717) is 18.8 Å². The number of methoxy groups -OCH3 is 1. The van der Waals surface area contributed by atoms with Crippen molar-refractivity contribution in [3.8, 4) is 5.75 Å². The number of piperazine rings is 1. The van der Waals surface area contributed by atoms with E-state index in [1.165, 1.54) is 19.0 Å². The molecule has 0 radical (unpaired) electrons. The number of benzene rings is 2. The average molecular weight is 463 g/mol. The molecule has 1 saturated heterocycles. The topological polar surface area (TPSA) is 126 Å². The molecule has 11 nitrogen and oxygen atoms in total. The zero-order chi connectivity index (χ0) is 23.9. The molecule has 0 atom stereocenters. The number of nitro groups is 1. The Labute approximate surface area is 196 Å². The minimum atomic E-state index is -0.538. The van der Waals surface area contributed by atoms with Crippen molar-refractivity contribution in [2.75, 3.05) is 43.6 Å². The van der Waals surface area contributed by atoms with Crippen LogP contribution in [0.4, 0.5) is 17.3 Å². The molecule has 11 heteroatoms. The van der Waals surface area contributed by atoms with Crippen LogP contribution in [0.2, 0.25) is 0 Å². The van der Waals surface area contributed by atoms with Crippen LogP contribution in [0.1, 0.15) is 15.9 Å². The van der Waals surface area contributed by atoms with Crippen LogP contribution in [0, 0.1) is 10.1 Å². The number of carbonyl (C=O) groups excluding carboxylic acids is 1. The van der Waals surface area contributed by atoms with Crippen molar-refractivity contribution in [2.45, 2.75) is 6.54 Å². The lowest BCUT2D eigenvalue weighted by molar-refractivity contribution is -0.383. The van der Waals surface area contributed by atoms with E-state index in [1.807, 2.05) is 23.1 Å². The van der Waals surface area contributed by atoms with E-state index < -0.39 is 10.8 Å². The molecule has 1 aromatic heterocycles. The Morgan fingerprint density at radius 3 is 2.47 bits per heavy atom. The number of hydrazine groups is 1. The van der Waals surface area contributed by atoms with Crippen molar-refractivity contribution >= 4 is 23.2 Å². The summed E-state index contributed by atoms with van der Waals surface area (Å²) in [6.07, 6.45) is 1.25. The molecular formula is C23H25N7O4. The first-order valence-corrected chi connectivity index (χ1v) is 10.8. The maximum absolute atomic E-state index is 12.6. The van der Waals surface area contributed by atoms with Crippen molar-refractivity contribution in [1.82, 2.24) is 20.3 Å². The van der Waals surface area contributed by atoms with Crippen LogP contribution in [0.3, 0.4) is 0 Å². The zero-order valence-electron chi connectivity index (χ0n) is 18.7. The van der Waals surface area contributed by atoms with Crippen LogP contribution in [0.15, 0.2) is 60.9 Å². The molecule has 176 valence electrons. The third-order valence-corrected chi connectivity index (χ3v) is 5.55. The lowest BCUT2D eigenvalue weighted by Crippen LogP contribution is -2.46. The van der Waals surface area contributed by atoms with Gasteiger partial charge in [-0.05, 0) is 17.7 Å². The van der Waals surface area contributed by atoms with Gasteiger partial charge in [0.05, 0.1) is 17.6 Å². The summed E-state index contributed by atoms with van der Waals surface area (Å²) in [6, 6.07) is 16.8. The second-order valence-electron chi connectivity index (χ2n) is 7.68. The largest absolute Gasteiger partial charge is 0.496 e. The molecule has 2 aromatic carbocycles. The van der Waals surface area contributed by atoms with Gasteiger partial charge in [-0.3, -0.25) is 30.7 Å². The minimum absolute atomic E-state index is 0.0926. The van der Waals surface area contributed by atoms with Crippen molar-refractivity contribution in [1.29, 1.82) is 0 Å². The number of hydrogen-bond acceptors (Lipinski definition) is 9. The molecule has 4 rings (SSSR count). The molecule has 0 saturated carbocycles. The maximum atomic E-state index is 12.6. The number of nitrogens with zero attached hydrogens (tertiary/aromatic N) is 5. The summed E-state index contributed by atoms with van der Waals surface area (Å²) in [7, 11) is 1.46. The van der Waals surface area contributed by atoms with Gasteiger partial charge in [0.15, 0.2) is 0 Å². The number of carbonyl (C=O) groups is 1. The number of para-hydroxylation sites is 1. The molecule has 0 unspecified atom stereocenters. The molecule has 0 aliphatic carbocycles. The monoisotopic (exact) mass is 463 g/mol. The Balaban J connectivity index is 1.45. The summed E-state index contributed by atoms with van der Waals surface area (Å²) in [5, 5.41) is 11.9. The van der Waals surface area contributed by atoms with Gasteiger partial charge in [0.2, 0.25) is 11.6 Å². The molecule has 1 fully saturated rings. The number of ether oxygens (including phenoxy) is 1. The second-order valence-corrected chi connectivity index (χ2v) is 7.68. The highest BCUT2D eigenvalue weighted by molar-refractivity contribution is 5.97. The smallest absolute Gasteiger partial charge is 0.355 e. The Kier molecular flexibility index (Phi) is 7.13. The first-order chi connectivity index (χ1) is 16.6. The van der Waals surface area contributed by atoms with E-state index in [1.54, 1.807) is 24.3 Å². The quantitative estimate of drug-likeness (QED) is 0.383. The van der Waals surface area contributed by atoms with Crippen molar-refractivity contribution in [3.63, 3.8) is 0 Å². The normalized spacial score (nSPS) is 13.9. The second kappa shape index (κ2) is 10.6. The Bertz CT molecular complexity index is 1150. The van der Waals surface area contributed by atoms with Crippen molar-refractivity contribution in [3.05, 3.63) is 82.2 Å². The van der Waals surface area contributed by atoms with Crippen LogP contribution < -0.4 is 20.5 Å². The number of amides is 1. The molecule has 2 N–H and O–H groups in total. The van der Waals surface area contributed by atoms with Crippen LogP contribution in [-0.2, 0) is 6.54 Å². The number of rotatable bonds is 8. The van der Waals surface area contributed by atoms with Gasteiger partial charge in [0, 0.05) is 32.7 Å². The minimum Gasteiger partial charge on any atom is -0.496 e. The lowest BCUT2D eigenvalue weighted by Gasteiger charge is -2.35. The first kappa shape index (κ1) is 22.9. The number of aromatic nitrogens is 2. The molecule has 1 aliphatic heterocycles. The zero-order valence-corrected chi connectivity index (χ0v) is 18.7. The molecule has 0 spiro atoms. The number of hydrogen-bond donors (Lipinski definition) is 2. The van der Waals surface area contributed by atoms with Crippen LogP contribution in [0.5, 0.6) is 5.75 Å². The predicted octanol–water partition coefficient (Wildman–Crippen LogP) is 2.47. The van der Waals surface area contributed by atoms with E-state index in [9.17, 15) is 14.9 Å². The summed E-state index contributed by atoms with van der Waals surface area (Å²) < 4.78 is 5.19. The van der Waals surface area contributed by atoms with Crippen molar-refractivity contribution < 1.29 is 14.5 Å². The lowest BCUT2D eigenvalue weighted by atomic mass is 10.2. The fourth-order valence-corrected chi connectivity index (χ4v) is 3.84. The Hall–Kier alpha value is -4.25. The number of nitrogens with one attached hydrogen (secondary N) is 2. The van der Waals surface area contributed by atoms with Crippen molar-refractivity contribution in [2.24, 2.45) is 0 Å². The summed E-state index contributed by atoms with van der Waals surface area (Å²) in [5.41, 5.74) is 6.25. The average Bonchev–Trinajstić information content (AvgIpc) is 2.88. The van der Waals surface area contributed by atoms with E-state index in [0.717, 1.165) is 19.6 Å². The summed E-state index contributed by atoms with van der Waals surface area (Å²) in [5.74, 6) is -0.00662. The summed E-state index contributed by atoms with van der Waals surface area (Å²) in [4.78, 5) is 36.3. The van der Waals surface area contributed by atoms with Gasteiger partial charge >= 0.3 is 5.69 Å². The highest BCUT2D eigenvalue weighted by Gasteiger charge is 2.29. The van der Waals surface area contributed by atoms with Gasteiger partial charge in [0.1, 0.15) is 12.1 Å². The Morgan fingerprint density at radius 1 is 1.06 bits per heavy atom. The van der Waals surface area contributed by atoms with Gasteiger partial charge in [-0.25, -0.2) is 9.97 Å². The first-order valence-electron chi connectivity index (χ1n) is 10.8. The van der Waals surface area contributed by atoms with E-state index in [2.05, 4.69) is 37.9 Å². The van der Waals surface area contributed by atoms with Crippen LogP contribution in [0.25, 0.3) is 0 Å². The summed E-state index contributed by atoms with van der Waals surface area (Å²) >= 11 is 0. The SMILES string of the molecule is COc1ccccc1C(=O)NNc1ncnc(N2CCN(Cc3ccccc3)CC2)c1[N+](=O)[O-]. The van der Waals surface area contributed by atoms with E-state index in [-0.39, 0.29) is 22.9 Å². The molecule has 3 aromatic rings. The number of anilines is 2. The molecule has 2 heterocycles. The van der Waals surface area contributed by atoms with E-state index in [4.69, 9.17) is 4.74 Å². The fourth-order valence-electron chi connectivity index (χ4n) is 3.84. The van der Waals surface area contributed by atoms with Gasteiger partial charge in [-0.1, -0.05) is 42.5 Å².